The van der Waals surface area contributed by atoms with Gasteiger partial charge in [-0.15, -0.1) is 0 Å². The van der Waals surface area contributed by atoms with Crippen LogP contribution in [-0.2, 0) is 6.42 Å². The number of alkyl halides is 1. The number of aryl methyl sites for hydroxylation is 1. The van der Waals surface area contributed by atoms with E-state index in [1.807, 2.05) is 6.07 Å². The molecule has 0 bridgehead atoms. The maximum Gasteiger partial charge on any atom is 0.124 e. The van der Waals surface area contributed by atoms with Crippen LogP contribution in [0.1, 0.15) is 18.9 Å². The standard InChI is InChI=1S/C10H11Br2F/c1-7(11)2-3-8-4-5-9(13)6-10(8)12/h4-7H,2-3H2,1H3. The van der Waals surface area contributed by atoms with Crippen molar-refractivity contribution >= 4 is 31.9 Å². The predicted octanol–water partition coefficient (Wildman–Crippen LogP) is 4.30. The van der Waals surface area contributed by atoms with Crippen molar-refractivity contribution in [3.8, 4) is 0 Å². The molecule has 1 rings (SSSR count). The van der Waals surface area contributed by atoms with E-state index in [-0.39, 0.29) is 5.82 Å². The Bertz CT molecular complexity index is 284. The monoisotopic (exact) mass is 308 g/mol. The largest absolute Gasteiger partial charge is 0.207 e. The molecule has 0 saturated carbocycles. The van der Waals surface area contributed by atoms with Crippen molar-refractivity contribution in [3.05, 3.63) is 34.1 Å². The molecule has 0 amide bonds. The summed E-state index contributed by atoms with van der Waals surface area (Å²) in [5.74, 6) is -0.192. The Kier molecular flexibility index (Phi) is 4.39. The summed E-state index contributed by atoms with van der Waals surface area (Å²) in [7, 11) is 0. The second-order valence-electron chi connectivity index (χ2n) is 3.06. The predicted molar refractivity (Wildman–Crippen MR) is 60.8 cm³/mol. The van der Waals surface area contributed by atoms with E-state index in [1.54, 1.807) is 0 Å². The molecule has 0 spiro atoms. The molecule has 0 aromatic heterocycles. The third-order valence-electron chi connectivity index (χ3n) is 1.83. The fraction of sp³-hybridized carbons (Fsp3) is 0.400. The summed E-state index contributed by atoms with van der Waals surface area (Å²) in [6.07, 6.45) is 2.03. The minimum Gasteiger partial charge on any atom is -0.207 e. The van der Waals surface area contributed by atoms with Gasteiger partial charge in [-0.25, -0.2) is 4.39 Å². The lowest BCUT2D eigenvalue weighted by molar-refractivity contribution is 0.625. The Balaban J connectivity index is 2.67. The molecule has 1 aromatic carbocycles. The lowest BCUT2D eigenvalue weighted by atomic mass is 10.1. The highest BCUT2D eigenvalue weighted by atomic mass is 79.9. The Hall–Kier alpha value is 0.110. The molecule has 0 aliphatic rings. The number of hydrogen-bond acceptors (Lipinski definition) is 0. The van der Waals surface area contributed by atoms with Crippen LogP contribution in [-0.4, -0.2) is 4.83 Å². The van der Waals surface area contributed by atoms with Gasteiger partial charge in [0.15, 0.2) is 0 Å². The van der Waals surface area contributed by atoms with Crippen molar-refractivity contribution in [2.45, 2.75) is 24.6 Å². The van der Waals surface area contributed by atoms with Gasteiger partial charge in [0.25, 0.3) is 0 Å². The van der Waals surface area contributed by atoms with Crippen molar-refractivity contribution < 1.29 is 4.39 Å². The second-order valence-corrected chi connectivity index (χ2v) is 5.47. The normalized spacial score (nSPS) is 12.9. The highest BCUT2D eigenvalue weighted by Crippen LogP contribution is 2.20. The zero-order valence-corrected chi connectivity index (χ0v) is 10.5. The lowest BCUT2D eigenvalue weighted by Gasteiger charge is -2.05. The first kappa shape index (κ1) is 11.2. The van der Waals surface area contributed by atoms with E-state index >= 15 is 0 Å². The average molecular weight is 310 g/mol. The van der Waals surface area contributed by atoms with Crippen LogP contribution in [0.25, 0.3) is 0 Å². The summed E-state index contributed by atoms with van der Waals surface area (Å²) in [4.78, 5) is 0.504. The highest BCUT2D eigenvalue weighted by molar-refractivity contribution is 9.10. The molecule has 0 fully saturated rings. The van der Waals surface area contributed by atoms with Crippen molar-refractivity contribution in [1.29, 1.82) is 0 Å². The SMILES string of the molecule is CC(Br)CCc1ccc(F)cc1Br. The van der Waals surface area contributed by atoms with E-state index in [0.29, 0.717) is 4.83 Å². The number of benzene rings is 1. The Morgan fingerprint density at radius 2 is 2.15 bits per heavy atom. The zero-order valence-electron chi connectivity index (χ0n) is 7.36. The van der Waals surface area contributed by atoms with Gasteiger partial charge in [0.05, 0.1) is 0 Å². The molecule has 0 aliphatic carbocycles. The number of hydrogen-bond donors (Lipinski definition) is 0. The van der Waals surface area contributed by atoms with Crippen molar-refractivity contribution in [3.63, 3.8) is 0 Å². The maximum absolute atomic E-state index is 12.7. The molecule has 1 atom stereocenters. The van der Waals surface area contributed by atoms with Crippen LogP contribution in [0, 0.1) is 5.82 Å². The number of rotatable bonds is 3. The van der Waals surface area contributed by atoms with Crippen molar-refractivity contribution in [2.24, 2.45) is 0 Å². The summed E-state index contributed by atoms with van der Waals surface area (Å²) in [6.45, 7) is 2.11. The Morgan fingerprint density at radius 3 is 2.69 bits per heavy atom. The molecule has 3 heteroatoms. The van der Waals surface area contributed by atoms with Crippen LogP contribution >= 0.6 is 31.9 Å². The summed E-state index contributed by atoms with van der Waals surface area (Å²) in [6, 6.07) is 4.84. The minimum absolute atomic E-state index is 0.192. The molecular formula is C10H11Br2F. The fourth-order valence-corrected chi connectivity index (χ4v) is 1.86. The Labute approximate surface area is 94.8 Å². The van der Waals surface area contributed by atoms with Crippen LogP contribution in [0.15, 0.2) is 22.7 Å². The minimum atomic E-state index is -0.192. The third kappa shape index (κ3) is 3.77. The van der Waals surface area contributed by atoms with Gasteiger partial charge in [-0.3, -0.25) is 0 Å². The van der Waals surface area contributed by atoms with Gasteiger partial charge in [-0.05, 0) is 30.5 Å². The van der Waals surface area contributed by atoms with Crippen molar-refractivity contribution in [2.75, 3.05) is 0 Å². The number of halogens is 3. The van der Waals surface area contributed by atoms with Crippen LogP contribution in [0.4, 0.5) is 4.39 Å². The van der Waals surface area contributed by atoms with Crippen molar-refractivity contribution in [1.82, 2.24) is 0 Å². The van der Waals surface area contributed by atoms with E-state index in [2.05, 4.69) is 38.8 Å². The molecule has 13 heavy (non-hydrogen) atoms. The topological polar surface area (TPSA) is 0 Å². The van der Waals surface area contributed by atoms with Gasteiger partial charge < -0.3 is 0 Å². The zero-order chi connectivity index (χ0) is 9.84. The molecule has 0 nitrogen and oxygen atoms in total. The van der Waals surface area contributed by atoms with Crippen LogP contribution < -0.4 is 0 Å². The van der Waals surface area contributed by atoms with E-state index in [4.69, 9.17) is 0 Å². The van der Waals surface area contributed by atoms with E-state index in [9.17, 15) is 4.39 Å². The Morgan fingerprint density at radius 1 is 1.46 bits per heavy atom. The van der Waals surface area contributed by atoms with Crippen LogP contribution in [0.2, 0.25) is 0 Å². The van der Waals surface area contributed by atoms with Gasteiger partial charge in [-0.1, -0.05) is 44.8 Å². The van der Waals surface area contributed by atoms with E-state index in [1.165, 1.54) is 12.1 Å². The highest BCUT2D eigenvalue weighted by Gasteiger charge is 2.03. The van der Waals surface area contributed by atoms with Crippen LogP contribution in [0.3, 0.4) is 0 Å². The van der Waals surface area contributed by atoms with Gasteiger partial charge in [0, 0.05) is 9.30 Å². The first-order valence-electron chi connectivity index (χ1n) is 4.17. The molecule has 0 aliphatic heterocycles. The quantitative estimate of drug-likeness (QED) is 0.730. The molecule has 0 radical (unpaired) electrons. The van der Waals surface area contributed by atoms with E-state index in [0.717, 1.165) is 22.9 Å². The second kappa shape index (κ2) is 5.11. The first-order chi connectivity index (χ1) is 6.09. The summed E-state index contributed by atoms with van der Waals surface area (Å²) in [5, 5.41) is 0. The molecule has 72 valence electrons. The smallest absolute Gasteiger partial charge is 0.124 e. The van der Waals surface area contributed by atoms with Crippen LogP contribution in [0.5, 0.6) is 0 Å². The molecule has 0 saturated heterocycles. The average Bonchev–Trinajstić information content (AvgIpc) is 2.02. The molecule has 1 unspecified atom stereocenters. The lowest BCUT2D eigenvalue weighted by Crippen LogP contribution is -1.95. The summed E-state index contributed by atoms with van der Waals surface area (Å²) in [5.41, 5.74) is 1.16. The van der Waals surface area contributed by atoms with Gasteiger partial charge in [0.1, 0.15) is 5.82 Å². The molecule has 0 heterocycles. The fourth-order valence-electron chi connectivity index (χ4n) is 1.08. The van der Waals surface area contributed by atoms with Gasteiger partial charge in [0.2, 0.25) is 0 Å². The molecule has 1 aromatic rings. The van der Waals surface area contributed by atoms with Gasteiger partial charge in [-0.2, -0.15) is 0 Å². The molecule has 0 N–H and O–H groups in total. The third-order valence-corrected chi connectivity index (χ3v) is 3.02. The molecular weight excluding hydrogens is 299 g/mol. The summed E-state index contributed by atoms with van der Waals surface area (Å²) < 4.78 is 13.6. The first-order valence-corrected chi connectivity index (χ1v) is 5.88. The van der Waals surface area contributed by atoms with Gasteiger partial charge >= 0.3 is 0 Å². The van der Waals surface area contributed by atoms with E-state index < -0.39 is 0 Å². The summed E-state index contributed by atoms with van der Waals surface area (Å²) >= 11 is 6.82. The maximum atomic E-state index is 12.7.